The van der Waals surface area contributed by atoms with Gasteiger partial charge < -0.3 is 0 Å². The summed E-state index contributed by atoms with van der Waals surface area (Å²) >= 11 is 3.06. The predicted octanol–water partition coefficient (Wildman–Crippen LogP) is 5.35. The summed E-state index contributed by atoms with van der Waals surface area (Å²) in [7, 11) is 0. The molecule has 0 bridgehead atoms. The van der Waals surface area contributed by atoms with Crippen LogP contribution in [0.5, 0.6) is 0 Å². The van der Waals surface area contributed by atoms with Crippen molar-refractivity contribution in [3.8, 4) is 0 Å². The first-order valence-corrected chi connectivity index (χ1v) is 6.78. The molecule has 0 fully saturated rings. The number of hydrogen-bond acceptors (Lipinski definition) is 2. The molecule has 0 saturated heterocycles. The van der Waals surface area contributed by atoms with Gasteiger partial charge in [-0.1, -0.05) is 15.9 Å². The Balaban J connectivity index is 2.59. The van der Waals surface area contributed by atoms with Crippen LogP contribution in [0, 0.1) is 0 Å². The number of hydrogen-bond donors (Lipinski definition) is 0. The normalized spacial score (nSPS) is 23.4. The van der Waals surface area contributed by atoms with Crippen LogP contribution in [0.3, 0.4) is 0 Å². The molecule has 0 aromatic heterocycles. The molecule has 0 spiro atoms. The molecule has 0 radical (unpaired) electrons. The molecule has 1 nitrogen and oxygen atoms in total. The minimum Gasteiger partial charge on any atom is -0.228 e. The maximum Gasteiger partial charge on any atom is 0.416 e. The fourth-order valence-corrected chi connectivity index (χ4v) is 3.12. The Morgan fingerprint density at radius 3 is 2.20 bits per heavy atom. The van der Waals surface area contributed by atoms with E-state index in [0.717, 1.165) is 18.3 Å². The molecule has 110 valence electrons. The molecule has 0 aliphatic carbocycles. The van der Waals surface area contributed by atoms with E-state index < -0.39 is 34.6 Å². The van der Waals surface area contributed by atoms with Crippen LogP contribution >= 0.6 is 27.9 Å². The Hall–Kier alpha value is -0.700. The summed E-state index contributed by atoms with van der Waals surface area (Å²) in [6.07, 6.45) is -8.85. The van der Waals surface area contributed by atoms with E-state index in [1.54, 1.807) is 0 Å². The van der Waals surface area contributed by atoms with Gasteiger partial charge in [-0.15, -0.1) is 0 Å². The molecule has 1 atom stereocenters. The molecule has 0 amide bonds. The van der Waals surface area contributed by atoms with Crippen LogP contribution in [-0.4, -0.2) is 12.4 Å². The molecule has 1 unspecified atom stereocenters. The molecule has 1 heterocycles. The molecule has 2 rings (SSSR count). The number of rotatable bonds is 1. The summed E-state index contributed by atoms with van der Waals surface area (Å²) in [4.78, 5) is 0. The van der Waals surface area contributed by atoms with E-state index in [1.165, 1.54) is 0 Å². The van der Waals surface area contributed by atoms with Crippen molar-refractivity contribution in [1.82, 2.24) is 0 Å². The highest BCUT2D eigenvalue weighted by atomic mass is 79.9. The third-order valence-corrected chi connectivity index (χ3v) is 4.47. The lowest BCUT2D eigenvalue weighted by Crippen LogP contribution is -2.38. The van der Waals surface area contributed by atoms with Crippen molar-refractivity contribution in [2.24, 2.45) is 4.40 Å². The molecule has 0 N–H and O–H groups in total. The van der Waals surface area contributed by atoms with E-state index >= 15 is 0 Å². The van der Waals surface area contributed by atoms with Crippen LogP contribution in [0.15, 0.2) is 27.1 Å². The lowest BCUT2D eigenvalue weighted by molar-refractivity contribution is -0.160. The molecule has 9 heteroatoms. The Morgan fingerprint density at radius 2 is 1.75 bits per heavy atom. The van der Waals surface area contributed by atoms with Gasteiger partial charge in [-0.05, 0) is 35.7 Å². The summed E-state index contributed by atoms with van der Waals surface area (Å²) in [6.45, 7) is 0. The quantitative estimate of drug-likeness (QED) is 0.474. The van der Waals surface area contributed by atoms with Gasteiger partial charge in [0.1, 0.15) is 0 Å². The molecule has 1 aromatic rings. The lowest BCUT2D eigenvalue weighted by atomic mass is 9.93. The smallest absolute Gasteiger partial charge is 0.228 e. The van der Waals surface area contributed by atoms with Crippen molar-refractivity contribution in [2.45, 2.75) is 23.5 Å². The molecule has 1 aliphatic heterocycles. The van der Waals surface area contributed by atoms with Crippen molar-refractivity contribution >= 4 is 34.1 Å². The SMILES string of the molecule is FC(F)(F)c1cc(Br)cc(C2(C(F)(F)F)CC=NS2)c1. The average Bonchev–Trinajstić information content (AvgIpc) is 2.76. The number of benzene rings is 1. The van der Waals surface area contributed by atoms with Gasteiger partial charge in [0.25, 0.3) is 0 Å². The summed E-state index contributed by atoms with van der Waals surface area (Å²) < 4.78 is 78.9. The Bertz CT molecular complexity index is 543. The van der Waals surface area contributed by atoms with Gasteiger partial charge in [0.2, 0.25) is 0 Å². The molecular weight excluding hydrogens is 372 g/mol. The Morgan fingerprint density at radius 1 is 1.10 bits per heavy atom. The van der Waals surface area contributed by atoms with Gasteiger partial charge in [0, 0.05) is 17.1 Å². The van der Waals surface area contributed by atoms with Crippen LogP contribution in [0.4, 0.5) is 26.3 Å². The van der Waals surface area contributed by atoms with E-state index in [2.05, 4.69) is 20.3 Å². The summed E-state index contributed by atoms with van der Waals surface area (Å²) in [6, 6.07) is 2.32. The van der Waals surface area contributed by atoms with Crippen molar-refractivity contribution in [3.05, 3.63) is 33.8 Å². The van der Waals surface area contributed by atoms with Crippen LogP contribution in [0.2, 0.25) is 0 Å². The third kappa shape index (κ3) is 2.69. The second-order valence-corrected chi connectivity index (χ2v) is 6.14. The maximum absolute atomic E-state index is 13.3. The largest absolute Gasteiger partial charge is 0.416 e. The van der Waals surface area contributed by atoms with Gasteiger partial charge in [-0.2, -0.15) is 26.3 Å². The van der Waals surface area contributed by atoms with Crippen LogP contribution < -0.4 is 0 Å². The molecule has 1 aliphatic rings. The fourth-order valence-electron chi connectivity index (χ4n) is 1.82. The third-order valence-electron chi connectivity index (χ3n) is 2.81. The second kappa shape index (κ2) is 4.94. The summed E-state index contributed by atoms with van der Waals surface area (Å²) in [5.41, 5.74) is -1.59. The molecular formula is C11H6BrF6NS. The van der Waals surface area contributed by atoms with E-state index in [9.17, 15) is 26.3 Å². The first-order chi connectivity index (χ1) is 9.06. The fraction of sp³-hybridized carbons (Fsp3) is 0.364. The second-order valence-electron chi connectivity index (χ2n) is 4.13. The average molecular weight is 378 g/mol. The van der Waals surface area contributed by atoms with Gasteiger partial charge in [0.05, 0.1) is 5.56 Å². The minimum atomic E-state index is -4.71. The van der Waals surface area contributed by atoms with E-state index in [1.807, 2.05) is 0 Å². The first-order valence-electron chi connectivity index (χ1n) is 5.21. The first kappa shape index (κ1) is 15.7. The summed E-state index contributed by atoms with van der Waals surface area (Å²) in [5, 5.41) is 0. The topological polar surface area (TPSA) is 12.4 Å². The molecule has 0 saturated carbocycles. The van der Waals surface area contributed by atoms with Gasteiger partial charge in [-0.25, -0.2) is 4.40 Å². The van der Waals surface area contributed by atoms with E-state index in [0.29, 0.717) is 6.07 Å². The van der Waals surface area contributed by atoms with Gasteiger partial charge in [-0.3, -0.25) is 0 Å². The number of alkyl halides is 6. The van der Waals surface area contributed by atoms with Crippen LogP contribution in [0.1, 0.15) is 17.5 Å². The van der Waals surface area contributed by atoms with E-state index in [-0.39, 0.29) is 16.4 Å². The Kier molecular flexibility index (Phi) is 3.87. The minimum absolute atomic E-state index is 0.0570. The van der Waals surface area contributed by atoms with Crippen molar-refractivity contribution < 1.29 is 26.3 Å². The highest BCUT2D eigenvalue weighted by molar-refractivity contribution is 9.10. The van der Waals surface area contributed by atoms with Crippen molar-refractivity contribution in [3.63, 3.8) is 0 Å². The van der Waals surface area contributed by atoms with Gasteiger partial charge in [0.15, 0.2) is 4.75 Å². The number of halogens is 7. The Labute approximate surface area is 122 Å². The molecule has 1 aromatic carbocycles. The zero-order chi connectivity index (χ0) is 15.2. The summed E-state index contributed by atoms with van der Waals surface area (Å²) in [5.74, 6) is 0. The zero-order valence-corrected chi connectivity index (χ0v) is 11.9. The highest BCUT2D eigenvalue weighted by Crippen LogP contribution is 2.55. The number of nitrogens with zero attached hydrogens (tertiary/aromatic N) is 1. The predicted molar refractivity (Wildman–Crippen MR) is 67.6 cm³/mol. The van der Waals surface area contributed by atoms with Crippen molar-refractivity contribution in [2.75, 3.05) is 0 Å². The molecule has 20 heavy (non-hydrogen) atoms. The monoisotopic (exact) mass is 377 g/mol. The zero-order valence-electron chi connectivity index (χ0n) is 9.52. The standard InChI is InChI=1S/C11H6BrF6NS/c12-8-4-6(3-7(5-8)10(13,14)15)9(11(16,17)18)1-2-19-20-9/h2-5H,1H2. The van der Waals surface area contributed by atoms with Crippen LogP contribution in [-0.2, 0) is 10.9 Å². The van der Waals surface area contributed by atoms with Gasteiger partial charge >= 0.3 is 12.4 Å². The van der Waals surface area contributed by atoms with Crippen molar-refractivity contribution in [1.29, 1.82) is 0 Å². The maximum atomic E-state index is 13.3. The highest BCUT2D eigenvalue weighted by Gasteiger charge is 2.58. The van der Waals surface area contributed by atoms with E-state index in [4.69, 9.17) is 0 Å². The lowest BCUT2D eigenvalue weighted by Gasteiger charge is -2.30. The van der Waals surface area contributed by atoms with Crippen LogP contribution in [0.25, 0.3) is 0 Å².